The summed E-state index contributed by atoms with van der Waals surface area (Å²) in [6.07, 6.45) is 0.790. The largest absolute Gasteiger partial charge is 0.347 e. The number of hydrogen-bond acceptors (Lipinski definition) is 5. The summed E-state index contributed by atoms with van der Waals surface area (Å²) in [6.45, 7) is 11.5. The maximum Gasteiger partial charge on any atom is 0.271 e. The molecule has 2 heterocycles. The van der Waals surface area contributed by atoms with Crippen LogP contribution in [0.1, 0.15) is 41.9 Å². The van der Waals surface area contributed by atoms with E-state index < -0.39 is 0 Å². The first-order valence-corrected chi connectivity index (χ1v) is 10.5. The average molecular weight is 398 g/mol. The lowest BCUT2D eigenvalue weighted by molar-refractivity contribution is 0.0943. The highest BCUT2D eigenvalue weighted by Gasteiger charge is 2.17. The number of amides is 1. The molecule has 1 saturated heterocycles. The van der Waals surface area contributed by atoms with Crippen molar-refractivity contribution in [1.29, 1.82) is 0 Å². The average Bonchev–Trinajstić information content (AvgIpc) is 2.75. The SMILES string of the molecule is CCCn1nc(C(=O)NCc2ccccc2CN2CCN(CC)CC2)ccc1=O. The summed E-state index contributed by atoms with van der Waals surface area (Å²) in [4.78, 5) is 29.3. The second kappa shape index (κ2) is 10.3. The van der Waals surface area contributed by atoms with Crippen molar-refractivity contribution in [2.24, 2.45) is 0 Å². The Morgan fingerprint density at radius 1 is 1.00 bits per heavy atom. The molecule has 1 fully saturated rings. The number of likely N-dealkylation sites (N-methyl/N-ethyl adjacent to an activating group) is 1. The summed E-state index contributed by atoms with van der Waals surface area (Å²) in [5.41, 5.74) is 2.44. The van der Waals surface area contributed by atoms with Crippen LogP contribution in [0.15, 0.2) is 41.2 Å². The smallest absolute Gasteiger partial charge is 0.271 e. The van der Waals surface area contributed by atoms with Gasteiger partial charge in [-0.15, -0.1) is 0 Å². The Morgan fingerprint density at radius 3 is 2.38 bits per heavy atom. The maximum atomic E-state index is 12.6. The second-order valence-electron chi connectivity index (χ2n) is 7.44. The molecule has 0 aliphatic carbocycles. The third-order valence-electron chi connectivity index (χ3n) is 5.40. The van der Waals surface area contributed by atoms with E-state index in [1.54, 1.807) is 0 Å². The predicted molar refractivity (Wildman–Crippen MR) is 114 cm³/mol. The van der Waals surface area contributed by atoms with E-state index in [4.69, 9.17) is 0 Å². The van der Waals surface area contributed by atoms with E-state index >= 15 is 0 Å². The first kappa shape index (κ1) is 21.2. The molecule has 29 heavy (non-hydrogen) atoms. The Hall–Kier alpha value is -2.51. The van der Waals surface area contributed by atoms with Crippen LogP contribution in [0, 0.1) is 0 Å². The Kier molecular flexibility index (Phi) is 7.55. The van der Waals surface area contributed by atoms with Crippen LogP contribution in [0.3, 0.4) is 0 Å². The van der Waals surface area contributed by atoms with Gasteiger partial charge in [-0.1, -0.05) is 38.1 Å². The van der Waals surface area contributed by atoms with Gasteiger partial charge in [-0.2, -0.15) is 5.10 Å². The normalized spacial score (nSPS) is 15.4. The number of rotatable bonds is 8. The molecule has 0 atom stereocenters. The number of carbonyl (C=O) groups excluding carboxylic acids is 1. The van der Waals surface area contributed by atoms with Crippen LogP contribution in [0.25, 0.3) is 0 Å². The molecule has 1 aromatic carbocycles. The van der Waals surface area contributed by atoms with Crippen molar-refractivity contribution in [3.8, 4) is 0 Å². The number of piperazine rings is 1. The number of aromatic nitrogens is 2. The van der Waals surface area contributed by atoms with E-state index in [9.17, 15) is 9.59 Å². The summed E-state index contributed by atoms with van der Waals surface area (Å²) in [7, 11) is 0. The van der Waals surface area contributed by atoms with Gasteiger partial charge in [0, 0.05) is 51.9 Å². The molecule has 0 spiro atoms. The Morgan fingerprint density at radius 2 is 1.69 bits per heavy atom. The summed E-state index contributed by atoms with van der Waals surface area (Å²) in [5.74, 6) is -0.263. The molecule has 1 aliphatic rings. The second-order valence-corrected chi connectivity index (χ2v) is 7.44. The molecular formula is C22H31N5O2. The molecule has 7 heteroatoms. The first-order chi connectivity index (χ1) is 14.1. The van der Waals surface area contributed by atoms with E-state index in [1.807, 2.05) is 19.1 Å². The minimum atomic E-state index is -0.263. The lowest BCUT2D eigenvalue weighted by Gasteiger charge is -2.34. The van der Waals surface area contributed by atoms with Gasteiger partial charge in [-0.25, -0.2) is 4.68 Å². The van der Waals surface area contributed by atoms with Crippen molar-refractivity contribution in [3.05, 3.63) is 63.6 Å². The van der Waals surface area contributed by atoms with E-state index in [0.717, 1.165) is 51.3 Å². The zero-order chi connectivity index (χ0) is 20.6. The van der Waals surface area contributed by atoms with Crippen LogP contribution in [0.5, 0.6) is 0 Å². The fourth-order valence-corrected chi connectivity index (χ4v) is 3.60. The first-order valence-electron chi connectivity index (χ1n) is 10.5. The van der Waals surface area contributed by atoms with Gasteiger partial charge in [0.15, 0.2) is 0 Å². The van der Waals surface area contributed by atoms with Gasteiger partial charge in [0.1, 0.15) is 5.69 Å². The van der Waals surface area contributed by atoms with Gasteiger partial charge >= 0.3 is 0 Å². The molecule has 0 radical (unpaired) electrons. The lowest BCUT2D eigenvalue weighted by Crippen LogP contribution is -2.45. The molecule has 1 N–H and O–H groups in total. The zero-order valence-electron chi connectivity index (χ0n) is 17.4. The Balaban J connectivity index is 1.62. The highest BCUT2D eigenvalue weighted by atomic mass is 16.2. The molecule has 2 aromatic rings. The van der Waals surface area contributed by atoms with Crippen molar-refractivity contribution >= 4 is 5.91 Å². The van der Waals surface area contributed by atoms with E-state index in [2.05, 4.69) is 39.3 Å². The number of hydrogen-bond donors (Lipinski definition) is 1. The molecule has 1 aliphatic heterocycles. The Labute approximate surface area is 172 Å². The van der Waals surface area contributed by atoms with Crippen molar-refractivity contribution < 1.29 is 4.79 Å². The summed E-state index contributed by atoms with van der Waals surface area (Å²) in [5, 5.41) is 7.14. The quantitative estimate of drug-likeness (QED) is 0.735. The van der Waals surface area contributed by atoms with E-state index in [0.29, 0.717) is 13.1 Å². The third kappa shape index (κ3) is 5.74. The number of nitrogens with one attached hydrogen (secondary N) is 1. The minimum Gasteiger partial charge on any atom is -0.347 e. The van der Waals surface area contributed by atoms with Gasteiger partial charge in [-0.3, -0.25) is 14.5 Å². The van der Waals surface area contributed by atoms with Crippen molar-refractivity contribution in [2.45, 2.75) is 39.9 Å². The summed E-state index contributed by atoms with van der Waals surface area (Å²) in [6, 6.07) is 11.1. The van der Waals surface area contributed by atoms with Crippen LogP contribution in [-0.4, -0.2) is 58.2 Å². The topological polar surface area (TPSA) is 70.5 Å². The molecule has 1 aromatic heterocycles. The van der Waals surface area contributed by atoms with Gasteiger partial charge in [0.25, 0.3) is 11.5 Å². The van der Waals surface area contributed by atoms with Crippen LogP contribution < -0.4 is 10.9 Å². The van der Waals surface area contributed by atoms with Crippen LogP contribution in [0.2, 0.25) is 0 Å². The molecule has 156 valence electrons. The molecule has 1 amide bonds. The number of carbonyl (C=O) groups is 1. The molecule has 3 rings (SSSR count). The van der Waals surface area contributed by atoms with E-state index in [1.165, 1.54) is 22.4 Å². The third-order valence-corrected chi connectivity index (χ3v) is 5.40. The van der Waals surface area contributed by atoms with Gasteiger partial charge < -0.3 is 10.2 Å². The highest BCUT2D eigenvalue weighted by Crippen LogP contribution is 2.14. The number of nitrogens with zero attached hydrogens (tertiary/aromatic N) is 4. The number of benzene rings is 1. The molecule has 0 saturated carbocycles. The monoisotopic (exact) mass is 397 g/mol. The molecule has 7 nitrogen and oxygen atoms in total. The Bertz CT molecular complexity index is 872. The van der Waals surface area contributed by atoms with Crippen LogP contribution in [-0.2, 0) is 19.6 Å². The summed E-state index contributed by atoms with van der Waals surface area (Å²) >= 11 is 0. The van der Waals surface area contributed by atoms with E-state index in [-0.39, 0.29) is 17.2 Å². The molecule has 0 unspecified atom stereocenters. The van der Waals surface area contributed by atoms with Gasteiger partial charge in [0.2, 0.25) is 0 Å². The molecule has 0 bridgehead atoms. The zero-order valence-corrected chi connectivity index (χ0v) is 17.4. The van der Waals surface area contributed by atoms with Crippen molar-refractivity contribution in [2.75, 3.05) is 32.7 Å². The fourth-order valence-electron chi connectivity index (χ4n) is 3.60. The minimum absolute atomic E-state index is 0.183. The van der Waals surface area contributed by atoms with Crippen LogP contribution in [0.4, 0.5) is 0 Å². The van der Waals surface area contributed by atoms with Gasteiger partial charge in [0.05, 0.1) is 0 Å². The predicted octanol–water partition coefficient (Wildman–Crippen LogP) is 1.72. The summed E-state index contributed by atoms with van der Waals surface area (Å²) < 4.78 is 1.35. The maximum absolute atomic E-state index is 12.6. The number of aryl methyl sites for hydroxylation is 1. The van der Waals surface area contributed by atoms with Crippen molar-refractivity contribution in [3.63, 3.8) is 0 Å². The van der Waals surface area contributed by atoms with Crippen LogP contribution >= 0.6 is 0 Å². The standard InChI is InChI=1S/C22H31N5O2/c1-3-11-27-21(28)10-9-20(24-27)22(29)23-16-18-7-5-6-8-19(18)17-26-14-12-25(4-2)13-15-26/h5-10H,3-4,11-17H2,1-2H3,(H,23,29). The lowest BCUT2D eigenvalue weighted by atomic mass is 10.1. The fraction of sp³-hybridized carbons (Fsp3) is 0.500. The molecular weight excluding hydrogens is 366 g/mol. The highest BCUT2D eigenvalue weighted by molar-refractivity contribution is 5.91. The van der Waals surface area contributed by atoms with Crippen molar-refractivity contribution in [1.82, 2.24) is 24.9 Å². The van der Waals surface area contributed by atoms with Gasteiger partial charge in [-0.05, 0) is 30.2 Å².